The average molecular weight is 353 g/mol. The van der Waals surface area contributed by atoms with Gasteiger partial charge in [0.25, 0.3) is 0 Å². The molecule has 1 heteroatoms. The van der Waals surface area contributed by atoms with Crippen LogP contribution in [0.1, 0.15) is 5.56 Å². The van der Waals surface area contributed by atoms with Gasteiger partial charge in [0.2, 0.25) is 0 Å². The SMILES string of the molecule is [CH](c1ccccc1)[PH](c1ccccc1)(c1ccccc1)c1ccccc1. The van der Waals surface area contributed by atoms with Gasteiger partial charge in [0.1, 0.15) is 0 Å². The van der Waals surface area contributed by atoms with Crippen molar-refractivity contribution >= 4 is 23.2 Å². The normalized spacial score (nSPS) is 11.8. The maximum atomic E-state index is 2.52. The van der Waals surface area contributed by atoms with Gasteiger partial charge in [-0.25, -0.2) is 0 Å². The molecular formula is C25H22P. The fraction of sp³-hybridized carbons (Fsp3) is 0. The van der Waals surface area contributed by atoms with Gasteiger partial charge < -0.3 is 0 Å². The maximum absolute atomic E-state index is 2.52. The van der Waals surface area contributed by atoms with E-state index in [0.29, 0.717) is 0 Å². The third-order valence-corrected chi connectivity index (χ3v) is 9.37. The van der Waals surface area contributed by atoms with Crippen LogP contribution in [0.2, 0.25) is 0 Å². The zero-order valence-electron chi connectivity index (χ0n) is 14.6. The predicted molar refractivity (Wildman–Crippen MR) is 116 cm³/mol. The van der Waals surface area contributed by atoms with Crippen LogP contribution in [0, 0.1) is 6.16 Å². The Morgan fingerprint density at radius 1 is 0.385 bits per heavy atom. The second-order valence-corrected chi connectivity index (χ2v) is 10.1. The van der Waals surface area contributed by atoms with E-state index in [9.17, 15) is 0 Å². The third kappa shape index (κ3) is 3.21. The van der Waals surface area contributed by atoms with Crippen molar-refractivity contribution in [1.29, 1.82) is 0 Å². The summed E-state index contributed by atoms with van der Waals surface area (Å²) < 4.78 is 0. The molecule has 1 radical (unpaired) electrons. The fourth-order valence-corrected chi connectivity index (χ4v) is 8.00. The molecule has 0 N–H and O–H groups in total. The summed E-state index contributed by atoms with van der Waals surface area (Å²) in [4.78, 5) is 0. The molecule has 0 heterocycles. The third-order valence-electron chi connectivity index (χ3n) is 4.87. The number of rotatable bonds is 5. The molecule has 0 bridgehead atoms. The van der Waals surface area contributed by atoms with Gasteiger partial charge in [0, 0.05) is 0 Å². The zero-order chi connectivity index (χ0) is 17.7. The molecule has 4 rings (SSSR count). The van der Waals surface area contributed by atoms with Crippen LogP contribution in [0.25, 0.3) is 0 Å². The van der Waals surface area contributed by atoms with Crippen molar-refractivity contribution in [2.24, 2.45) is 0 Å². The van der Waals surface area contributed by atoms with Crippen molar-refractivity contribution in [2.45, 2.75) is 0 Å². The van der Waals surface area contributed by atoms with Crippen LogP contribution in [-0.4, -0.2) is 0 Å². The molecule has 127 valence electrons. The van der Waals surface area contributed by atoms with E-state index in [0.717, 1.165) is 0 Å². The number of hydrogen-bond donors (Lipinski definition) is 0. The predicted octanol–water partition coefficient (Wildman–Crippen LogP) is 4.92. The van der Waals surface area contributed by atoms with Crippen LogP contribution in [0.3, 0.4) is 0 Å². The van der Waals surface area contributed by atoms with E-state index in [1.165, 1.54) is 21.5 Å². The minimum absolute atomic E-state index is 1.27. The summed E-state index contributed by atoms with van der Waals surface area (Å²) in [6.45, 7) is 0. The number of benzene rings is 4. The molecule has 4 aromatic carbocycles. The Morgan fingerprint density at radius 2 is 0.692 bits per heavy atom. The minimum atomic E-state index is -2.29. The van der Waals surface area contributed by atoms with Crippen LogP contribution in [-0.2, 0) is 0 Å². The first-order valence-electron chi connectivity index (χ1n) is 8.97. The Kier molecular flexibility index (Phi) is 4.95. The molecule has 0 atom stereocenters. The molecule has 0 spiro atoms. The van der Waals surface area contributed by atoms with Gasteiger partial charge in [-0.1, -0.05) is 0 Å². The first-order valence-corrected chi connectivity index (χ1v) is 11.0. The van der Waals surface area contributed by atoms with Crippen molar-refractivity contribution in [1.82, 2.24) is 0 Å². The van der Waals surface area contributed by atoms with E-state index in [4.69, 9.17) is 0 Å². The van der Waals surface area contributed by atoms with Crippen molar-refractivity contribution < 1.29 is 0 Å². The van der Waals surface area contributed by atoms with E-state index in [1.54, 1.807) is 0 Å². The Hall–Kier alpha value is -2.69. The fourth-order valence-electron chi connectivity index (χ4n) is 3.65. The summed E-state index contributed by atoms with van der Waals surface area (Å²) in [5, 5.41) is 4.21. The molecule has 0 aliphatic carbocycles. The first kappa shape index (κ1) is 16.8. The van der Waals surface area contributed by atoms with E-state index in [1.807, 2.05) is 0 Å². The van der Waals surface area contributed by atoms with Gasteiger partial charge in [0.15, 0.2) is 0 Å². The molecule has 0 saturated carbocycles. The Bertz CT molecular complexity index is 836. The van der Waals surface area contributed by atoms with Crippen molar-refractivity contribution in [3.63, 3.8) is 0 Å². The summed E-state index contributed by atoms with van der Waals surface area (Å²) >= 11 is 0. The molecule has 4 aromatic rings. The van der Waals surface area contributed by atoms with Crippen LogP contribution < -0.4 is 15.9 Å². The second kappa shape index (κ2) is 7.68. The Labute approximate surface area is 156 Å². The molecule has 26 heavy (non-hydrogen) atoms. The van der Waals surface area contributed by atoms with Gasteiger partial charge in [-0.15, -0.1) is 0 Å². The van der Waals surface area contributed by atoms with E-state index in [-0.39, 0.29) is 0 Å². The van der Waals surface area contributed by atoms with Crippen LogP contribution in [0.4, 0.5) is 0 Å². The van der Waals surface area contributed by atoms with E-state index in [2.05, 4.69) is 127 Å². The van der Waals surface area contributed by atoms with Crippen molar-refractivity contribution in [3.8, 4) is 0 Å². The van der Waals surface area contributed by atoms with Crippen LogP contribution in [0.5, 0.6) is 0 Å². The standard InChI is InChI=1S/C25H22P/c1-5-13-22(14-6-1)21-26(23-15-7-2-8-16-23,24-17-9-3-10-18-24)25-19-11-4-12-20-25/h1-21,26H. The molecule has 0 amide bonds. The number of hydrogen-bond acceptors (Lipinski definition) is 0. The molecule has 0 aromatic heterocycles. The molecule has 0 aliphatic heterocycles. The van der Waals surface area contributed by atoms with Crippen molar-refractivity contribution in [2.75, 3.05) is 0 Å². The summed E-state index contributed by atoms with van der Waals surface area (Å²) in [5.74, 6) is 0. The zero-order valence-corrected chi connectivity index (χ0v) is 15.6. The quantitative estimate of drug-likeness (QED) is 0.447. The summed E-state index contributed by atoms with van der Waals surface area (Å²) in [6.07, 6.45) is 2.52. The molecule has 0 unspecified atom stereocenters. The summed E-state index contributed by atoms with van der Waals surface area (Å²) in [5.41, 5.74) is 1.27. The molecule has 0 nitrogen and oxygen atoms in total. The average Bonchev–Trinajstić information content (AvgIpc) is 2.75. The van der Waals surface area contributed by atoms with E-state index < -0.39 is 7.26 Å². The Morgan fingerprint density at radius 3 is 1.04 bits per heavy atom. The molecule has 0 fully saturated rings. The van der Waals surface area contributed by atoms with E-state index >= 15 is 0 Å². The molecule has 0 saturated heterocycles. The van der Waals surface area contributed by atoms with Crippen molar-refractivity contribution in [3.05, 3.63) is 133 Å². The van der Waals surface area contributed by atoms with Gasteiger partial charge in [0.05, 0.1) is 0 Å². The summed E-state index contributed by atoms with van der Waals surface area (Å²) in [6, 6.07) is 43.6. The summed E-state index contributed by atoms with van der Waals surface area (Å²) in [7, 11) is -2.29. The van der Waals surface area contributed by atoms with Crippen LogP contribution in [0.15, 0.2) is 121 Å². The Balaban J connectivity index is 2.00. The van der Waals surface area contributed by atoms with Crippen LogP contribution >= 0.6 is 7.26 Å². The topological polar surface area (TPSA) is 0 Å². The second-order valence-electron chi connectivity index (χ2n) is 6.46. The van der Waals surface area contributed by atoms with Gasteiger partial charge in [-0.2, -0.15) is 0 Å². The molecular weight excluding hydrogens is 331 g/mol. The first-order chi connectivity index (χ1) is 12.9. The molecule has 0 aliphatic rings. The van der Waals surface area contributed by atoms with Gasteiger partial charge in [-0.05, 0) is 0 Å². The van der Waals surface area contributed by atoms with Gasteiger partial charge >= 0.3 is 156 Å². The monoisotopic (exact) mass is 353 g/mol. The van der Waals surface area contributed by atoms with Gasteiger partial charge in [-0.3, -0.25) is 0 Å².